The van der Waals surface area contributed by atoms with Gasteiger partial charge in [-0.3, -0.25) is 0 Å². The summed E-state index contributed by atoms with van der Waals surface area (Å²) in [5.41, 5.74) is 7.15. The molecule has 0 bridgehead atoms. The number of furan rings is 1. The molecule has 3 nitrogen and oxygen atoms in total. The first-order chi connectivity index (χ1) is 8.74. The smallest absolute Gasteiger partial charge is 0.134 e. The maximum absolute atomic E-state index is 6.23. The second-order valence-electron chi connectivity index (χ2n) is 4.69. The molecule has 0 aliphatic heterocycles. The summed E-state index contributed by atoms with van der Waals surface area (Å²) in [5.74, 6) is 0.880. The molecule has 1 unspecified atom stereocenters. The van der Waals surface area contributed by atoms with E-state index in [1.54, 1.807) is 0 Å². The number of nitrogens with two attached hydrogens (primary N) is 1. The molecule has 0 radical (unpaired) electrons. The van der Waals surface area contributed by atoms with Crippen molar-refractivity contribution in [3.8, 4) is 0 Å². The maximum Gasteiger partial charge on any atom is 0.134 e. The van der Waals surface area contributed by atoms with Crippen LogP contribution in [0.1, 0.15) is 32.1 Å². The Kier molecular flexibility index (Phi) is 4.39. The second kappa shape index (κ2) is 6.03. The lowest BCUT2D eigenvalue weighted by molar-refractivity contribution is 0.260. The molecular weight excluding hydrogens is 224 g/mol. The van der Waals surface area contributed by atoms with Crippen molar-refractivity contribution in [3.05, 3.63) is 36.1 Å². The van der Waals surface area contributed by atoms with Crippen LogP contribution in [0.5, 0.6) is 0 Å². The van der Waals surface area contributed by atoms with E-state index in [0.29, 0.717) is 0 Å². The minimum Gasteiger partial charge on any atom is -0.459 e. The number of rotatable bonds is 6. The van der Waals surface area contributed by atoms with E-state index in [1.165, 1.54) is 0 Å². The highest BCUT2D eigenvalue weighted by Crippen LogP contribution is 2.23. The maximum atomic E-state index is 6.23. The van der Waals surface area contributed by atoms with Crippen LogP contribution in [-0.2, 0) is 0 Å². The Labute approximate surface area is 109 Å². The molecule has 0 amide bonds. The van der Waals surface area contributed by atoms with E-state index in [9.17, 15) is 0 Å². The predicted molar refractivity (Wildman–Crippen MR) is 75.5 cm³/mol. The van der Waals surface area contributed by atoms with Crippen LogP contribution in [0, 0.1) is 0 Å². The molecule has 3 heteroatoms. The number of hydrogen-bond acceptors (Lipinski definition) is 3. The number of nitrogens with zero attached hydrogens (tertiary/aromatic N) is 1. The number of likely N-dealkylation sites (N-methyl/N-ethyl adjacent to an activating group) is 1. The Morgan fingerprint density at radius 2 is 2.06 bits per heavy atom. The van der Waals surface area contributed by atoms with Gasteiger partial charge in [0.25, 0.3) is 0 Å². The van der Waals surface area contributed by atoms with E-state index in [2.05, 4.69) is 30.9 Å². The first kappa shape index (κ1) is 13.1. The van der Waals surface area contributed by atoms with E-state index in [1.807, 2.05) is 18.2 Å². The molecule has 2 N–H and O–H groups in total. The lowest BCUT2D eigenvalue weighted by Gasteiger charge is -2.22. The third kappa shape index (κ3) is 2.92. The van der Waals surface area contributed by atoms with Crippen molar-refractivity contribution in [1.82, 2.24) is 4.90 Å². The quantitative estimate of drug-likeness (QED) is 0.851. The van der Waals surface area contributed by atoms with Crippen molar-refractivity contribution in [2.45, 2.75) is 26.3 Å². The number of benzene rings is 1. The van der Waals surface area contributed by atoms with Crippen LogP contribution in [0.15, 0.2) is 34.7 Å². The van der Waals surface area contributed by atoms with Gasteiger partial charge in [0.05, 0.1) is 6.04 Å². The molecule has 1 aromatic heterocycles. The summed E-state index contributed by atoms with van der Waals surface area (Å²) >= 11 is 0. The van der Waals surface area contributed by atoms with Gasteiger partial charge in [0, 0.05) is 11.9 Å². The number of fused-ring (bicyclic) bond motifs is 1. The van der Waals surface area contributed by atoms with E-state index >= 15 is 0 Å². The summed E-state index contributed by atoms with van der Waals surface area (Å²) in [7, 11) is 0. The van der Waals surface area contributed by atoms with Gasteiger partial charge in [0.2, 0.25) is 0 Å². The van der Waals surface area contributed by atoms with E-state index < -0.39 is 0 Å². The highest BCUT2D eigenvalue weighted by atomic mass is 16.3. The van der Waals surface area contributed by atoms with Crippen LogP contribution in [0.25, 0.3) is 11.0 Å². The standard InChI is InChI=1S/C15H22N2O/c1-3-9-17(4-2)11-13(16)15-10-12-7-5-6-8-14(12)18-15/h5-8,10,13H,3-4,9,11,16H2,1-2H3. The van der Waals surface area contributed by atoms with Crippen LogP contribution >= 0.6 is 0 Å². The predicted octanol–water partition coefficient (Wildman–Crippen LogP) is 3.16. The molecule has 2 rings (SSSR count). The fourth-order valence-corrected chi connectivity index (χ4v) is 2.25. The van der Waals surface area contributed by atoms with Gasteiger partial charge in [-0.2, -0.15) is 0 Å². The van der Waals surface area contributed by atoms with Gasteiger partial charge in [0.1, 0.15) is 11.3 Å². The molecule has 0 saturated heterocycles. The lowest BCUT2D eigenvalue weighted by atomic mass is 10.2. The third-order valence-electron chi connectivity index (χ3n) is 3.25. The summed E-state index contributed by atoms with van der Waals surface area (Å²) in [6.45, 7) is 7.33. The molecule has 0 aliphatic rings. The van der Waals surface area contributed by atoms with Gasteiger partial charge in [0.15, 0.2) is 0 Å². The second-order valence-corrected chi connectivity index (χ2v) is 4.69. The monoisotopic (exact) mass is 246 g/mol. The average Bonchev–Trinajstić information content (AvgIpc) is 2.82. The zero-order valence-electron chi connectivity index (χ0n) is 11.2. The van der Waals surface area contributed by atoms with Crippen molar-refractivity contribution in [3.63, 3.8) is 0 Å². The molecule has 0 fully saturated rings. The highest BCUT2D eigenvalue weighted by Gasteiger charge is 2.14. The molecule has 0 spiro atoms. The van der Waals surface area contributed by atoms with Crippen molar-refractivity contribution in [2.75, 3.05) is 19.6 Å². The zero-order valence-corrected chi connectivity index (χ0v) is 11.2. The average molecular weight is 246 g/mol. The van der Waals surface area contributed by atoms with Gasteiger partial charge in [-0.1, -0.05) is 32.0 Å². The molecule has 2 aromatic rings. The van der Waals surface area contributed by atoms with Gasteiger partial charge in [-0.15, -0.1) is 0 Å². The summed E-state index contributed by atoms with van der Waals surface area (Å²) in [6, 6.07) is 10.0. The highest BCUT2D eigenvalue weighted by molar-refractivity contribution is 5.77. The SMILES string of the molecule is CCCN(CC)CC(N)c1cc2ccccc2o1. The van der Waals surface area contributed by atoms with Gasteiger partial charge >= 0.3 is 0 Å². The van der Waals surface area contributed by atoms with Crippen molar-refractivity contribution in [1.29, 1.82) is 0 Å². The fourth-order valence-electron chi connectivity index (χ4n) is 2.25. The van der Waals surface area contributed by atoms with Crippen molar-refractivity contribution < 1.29 is 4.42 Å². The molecular formula is C15H22N2O. The number of hydrogen-bond donors (Lipinski definition) is 1. The van der Waals surface area contributed by atoms with Crippen molar-refractivity contribution >= 4 is 11.0 Å². The summed E-state index contributed by atoms with van der Waals surface area (Å²) in [4.78, 5) is 2.36. The normalized spacial score (nSPS) is 13.3. The molecule has 18 heavy (non-hydrogen) atoms. The molecule has 1 atom stereocenters. The number of para-hydroxylation sites is 1. The Bertz CT molecular complexity index is 459. The molecule has 0 aliphatic carbocycles. The van der Waals surface area contributed by atoms with Crippen LogP contribution in [0.3, 0.4) is 0 Å². The molecule has 1 aromatic carbocycles. The van der Waals surface area contributed by atoms with E-state index in [0.717, 1.165) is 42.8 Å². The van der Waals surface area contributed by atoms with Gasteiger partial charge < -0.3 is 15.1 Å². The third-order valence-corrected chi connectivity index (χ3v) is 3.25. The van der Waals surface area contributed by atoms with Crippen LogP contribution in [-0.4, -0.2) is 24.5 Å². The summed E-state index contributed by atoms with van der Waals surface area (Å²) in [5, 5.41) is 1.13. The molecule has 1 heterocycles. The molecule has 98 valence electrons. The van der Waals surface area contributed by atoms with Crippen LogP contribution in [0.2, 0.25) is 0 Å². The summed E-state index contributed by atoms with van der Waals surface area (Å²) in [6.07, 6.45) is 1.15. The Balaban J connectivity index is 2.10. The minimum atomic E-state index is -0.0519. The van der Waals surface area contributed by atoms with E-state index in [-0.39, 0.29) is 6.04 Å². The topological polar surface area (TPSA) is 42.4 Å². The Morgan fingerprint density at radius 3 is 2.72 bits per heavy atom. The van der Waals surface area contributed by atoms with Crippen LogP contribution < -0.4 is 5.73 Å². The largest absolute Gasteiger partial charge is 0.459 e. The van der Waals surface area contributed by atoms with Crippen molar-refractivity contribution in [2.24, 2.45) is 5.73 Å². The Hall–Kier alpha value is -1.32. The fraction of sp³-hybridized carbons (Fsp3) is 0.467. The molecule has 0 saturated carbocycles. The first-order valence-corrected chi connectivity index (χ1v) is 6.71. The summed E-state index contributed by atoms with van der Waals surface area (Å²) < 4.78 is 5.80. The van der Waals surface area contributed by atoms with Gasteiger partial charge in [-0.25, -0.2) is 0 Å². The first-order valence-electron chi connectivity index (χ1n) is 6.71. The lowest BCUT2D eigenvalue weighted by Crippen LogP contribution is -2.32. The van der Waals surface area contributed by atoms with Gasteiger partial charge in [-0.05, 0) is 31.6 Å². The van der Waals surface area contributed by atoms with E-state index in [4.69, 9.17) is 10.2 Å². The Morgan fingerprint density at radius 1 is 1.28 bits per heavy atom. The van der Waals surface area contributed by atoms with Crippen LogP contribution in [0.4, 0.5) is 0 Å². The zero-order chi connectivity index (χ0) is 13.0. The minimum absolute atomic E-state index is 0.0519.